The van der Waals surface area contributed by atoms with E-state index >= 15 is 0 Å². The highest BCUT2D eigenvalue weighted by atomic mass is 35.5. The Morgan fingerprint density at radius 3 is 2.38 bits per heavy atom. The van der Waals surface area contributed by atoms with Crippen molar-refractivity contribution < 1.29 is 4.79 Å². The molecule has 1 N–H and O–H groups in total. The number of halogens is 2. The second-order valence-electron chi connectivity index (χ2n) is 1.71. The van der Waals surface area contributed by atoms with Gasteiger partial charge in [-0.3, -0.25) is 4.79 Å². The van der Waals surface area contributed by atoms with Gasteiger partial charge < -0.3 is 5.32 Å². The van der Waals surface area contributed by atoms with Crippen molar-refractivity contribution in [3.63, 3.8) is 0 Å². The molecule has 0 atom stereocenters. The highest BCUT2D eigenvalue weighted by molar-refractivity contribution is 6.58. The van der Waals surface area contributed by atoms with Crippen molar-refractivity contribution in [3.8, 4) is 0 Å². The summed E-state index contributed by atoms with van der Waals surface area (Å²) in [4.78, 5) is 10.5. The van der Waals surface area contributed by atoms with Crippen LogP contribution in [-0.4, -0.2) is 16.8 Å². The summed E-state index contributed by atoms with van der Waals surface area (Å²) in [5.74, 6) is -0.277. The standard InChI is InChI=1S/C4H5Cl2NO/c5-4(6)1-2-7-3(4)8/h1-2H2,(H,7,8). The molecule has 1 aliphatic rings. The highest BCUT2D eigenvalue weighted by Crippen LogP contribution is 2.28. The number of carbonyl (C=O) groups excluding carboxylic acids is 1. The molecule has 2 nitrogen and oxygen atoms in total. The fourth-order valence-corrected chi connectivity index (χ4v) is 0.898. The Morgan fingerprint density at radius 2 is 2.25 bits per heavy atom. The van der Waals surface area contributed by atoms with Crippen LogP contribution in [0.1, 0.15) is 6.42 Å². The van der Waals surface area contributed by atoms with Crippen molar-refractivity contribution in [2.75, 3.05) is 6.54 Å². The average Bonchev–Trinajstić information content (AvgIpc) is 1.86. The third-order valence-electron chi connectivity index (χ3n) is 1.06. The summed E-state index contributed by atoms with van der Waals surface area (Å²) in [5, 5.41) is 2.51. The summed E-state index contributed by atoms with van der Waals surface area (Å²) in [6.45, 7) is 0.589. The van der Waals surface area contributed by atoms with E-state index in [1.807, 2.05) is 0 Å². The molecular weight excluding hydrogens is 149 g/mol. The van der Waals surface area contributed by atoms with Gasteiger partial charge in [0.05, 0.1) is 0 Å². The molecule has 0 aliphatic carbocycles. The number of carbonyl (C=O) groups is 1. The van der Waals surface area contributed by atoms with Gasteiger partial charge in [0.25, 0.3) is 5.91 Å². The zero-order valence-corrected chi connectivity index (χ0v) is 5.59. The van der Waals surface area contributed by atoms with Gasteiger partial charge in [-0.15, -0.1) is 0 Å². The van der Waals surface area contributed by atoms with E-state index in [9.17, 15) is 4.79 Å². The molecule has 1 fully saturated rings. The van der Waals surface area contributed by atoms with Gasteiger partial charge in [0, 0.05) is 13.0 Å². The summed E-state index contributed by atoms with van der Waals surface area (Å²) in [6.07, 6.45) is 0.509. The van der Waals surface area contributed by atoms with Crippen molar-refractivity contribution in [1.82, 2.24) is 5.32 Å². The van der Waals surface area contributed by atoms with Crippen LogP contribution in [-0.2, 0) is 4.79 Å². The molecule has 0 bridgehead atoms. The minimum Gasteiger partial charge on any atom is -0.353 e. The van der Waals surface area contributed by atoms with E-state index in [4.69, 9.17) is 23.2 Å². The van der Waals surface area contributed by atoms with Crippen molar-refractivity contribution in [2.45, 2.75) is 10.8 Å². The Morgan fingerprint density at radius 1 is 1.62 bits per heavy atom. The molecule has 46 valence electrons. The molecule has 8 heavy (non-hydrogen) atoms. The number of hydrogen-bond acceptors (Lipinski definition) is 1. The van der Waals surface area contributed by atoms with E-state index in [0.29, 0.717) is 13.0 Å². The number of nitrogens with one attached hydrogen (secondary N) is 1. The van der Waals surface area contributed by atoms with Gasteiger partial charge in [-0.2, -0.15) is 0 Å². The van der Waals surface area contributed by atoms with Gasteiger partial charge >= 0.3 is 0 Å². The van der Waals surface area contributed by atoms with Crippen molar-refractivity contribution >= 4 is 29.1 Å². The number of rotatable bonds is 0. The van der Waals surface area contributed by atoms with Crippen LogP contribution in [0.5, 0.6) is 0 Å². The maximum Gasteiger partial charge on any atom is 0.256 e. The molecule has 1 aliphatic heterocycles. The largest absolute Gasteiger partial charge is 0.353 e. The van der Waals surface area contributed by atoms with Gasteiger partial charge in [0.15, 0.2) is 4.33 Å². The van der Waals surface area contributed by atoms with E-state index in [1.54, 1.807) is 0 Å². The Labute approximate surface area is 57.1 Å². The van der Waals surface area contributed by atoms with E-state index in [-0.39, 0.29) is 5.91 Å². The summed E-state index contributed by atoms with van der Waals surface area (Å²) < 4.78 is -1.15. The maximum absolute atomic E-state index is 10.5. The highest BCUT2D eigenvalue weighted by Gasteiger charge is 2.37. The van der Waals surface area contributed by atoms with E-state index < -0.39 is 4.33 Å². The van der Waals surface area contributed by atoms with Crippen LogP contribution in [0.4, 0.5) is 0 Å². The number of alkyl halides is 2. The fraction of sp³-hybridized carbons (Fsp3) is 0.750. The van der Waals surface area contributed by atoms with Gasteiger partial charge in [0.1, 0.15) is 0 Å². The lowest BCUT2D eigenvalue weighted by atomic mass is 10.4. The van der Waals surface area contributed by atoms with Gasteiger partial charge in [-0.05, 0) is 0 Å². The first-order chi connectivity index (χ1) is 3.63. The third kappa shape index (κ3) is 0.906. The topological polar surface area (TPSA) is 29.1 Å². The monoisotopic (exact) mass is 153 g/mol. The Balaban J connectivity index is 2.68. The van der Waals surface area contributed by atoms with Crippen molar-refractivity contribution in [1.29, 1.82) is 0 Å². The van der Waals surface area contributed by atoms with Crippen LogP contribution in [0.3, 0.4) is 0 Å². The lowest BCUT2D eigenvalue weighted by Crippen LogP contribution is -2.26. The first kappa shape index (κ1) is 6.17. The Kier molecular flexibility index (Phi) is 1.37. The van der Waals surface area contributed by atoms with Crippen LogP contribution in [0.15, 0.2) is 0 Å². The van der Waals surface area contributed by atoms with E-state index in [1.165, 1.54) is 0 Å². The number of amides is 1. The molecule has 1 rings (SSSR count). The van der Waals surface area contributed by atoms with Gasteiger partial charge in [-0.1, -0.05) is 23.2 Å². The van der Waals surface area contributed by atoms with Crippen LogP contribution >= 0.6 is 23.2 Å². The lowest BCUT2D eigenvalue weighted by Gasteiger charge is -2.03. The molecule has 0 aromatic carbocycles. The summed E-state index contributed by atoms with van der Waals surface area (Å²) in [7, 11) is 0. The average molecular weight is 154 g/mol. The zero-order chi connectivity index (χ0) is 6.20. The predicted octanol–water partition coefficient (Wildman–Crippen LogP) is 0.680. The van der Waals surface area contributed by atoms with Crippen LogP contribution in [0.2, 0.25) is 0 Å². The molecule has 0 saturated carbocycles. The summed E-state index contributed by atoms with van der Waals surface area (Å²) >= 11 is 10.9. The van der Waals surface area contributed by atoms with Crippen LogP contribution < -0.4 is 5.32 Å². The fourth-order valence-electron chi connectivity index (χ4n) is 0.576. The quantitative estimate of drug-likeness (QED) is 0.510. The van der Waals surface area contributed by atoms with Crippen LogP contribution in [0, 0.1) is 0 Å². The van der Waals surface area contributed by atoms with Crippen molar-refractivity contribution in [3.05, 3.63) is 0 Å². The SMILES string of the molecule is O=C1NCCC1(Cl)Cl. The molecule has 0 aromatic rings. The molecule has 0 aromatic heterocycles. The Bertz CT molecular complexity index is 123. The van der Waals surface area contributed by atoms with Crippen molar-refractivity contribution in [2.24, 2.45) is 0 Å². The van der Waals surface area contributed by atoms with E-state index in [0.717, 1.165) is 0 Å². The zero-order valence-electron chi connectivity index (χ0n) is 4.08. The summed E-state index contributed by atoms with van der Waals surface area (Å²) in [6, 6.07) is 0. The Hall–Kier alpha value is 0.0500. The summed E-state index contributed by atoms with van der Waals surface area (Å²) in [5.41, 5.74) is 0. The molecule has 1 heterocycles. The molecule has 0 spiro atoms. The molecule has 0 unspecified atom stereocenters. The normalized spacial score (nSPS) is 25.5. The smallest absolute Gasteiger partial charge is 0.256 e. The molecule has 0 radical (unpaired) electrons. The molecular formula is C4H5Cl2NO. The maximum atomic E-state index is 10.5. The van der Waals surface area contributed by atoms with E-state index in [2.05, 4.69) is 5.32 Å². The first-order valence-corrected chi connectivity index (χ1v) is 3.05. The van der Waals surface area contributed by atoms with Gasteiger partial charge in [-0.25, -0.2) is 0 Å². The lowest BCUT2D eigenvalue weighted by molar-refractivity contribution is -0.119. The minimum atomic E-state index is -1.15. The first-order valence-electron chi connectivity index (χ1n) is 2.29. The minimum absolute atomic E-state index is 0.277. The molecule has 1 amide bonds. The predicted molar refractivity (Wildman–Crippen MR) is 32.1 cm³/mol. The third-order valence-corrected chi connectivity index (χ3v) is 1.78. The van der Waals surface area contributed by atoms with Crippen LogP contribution in [0.25, 0.3) is 0 Å². The second kappa shape index (κ2) is 1.78. The van der Waals surface area contributed by atoms with Gasteiger partial charge in [0.2, 0.25) is 0 Å². The number of hydrogen-bond donors (Lipinski definition) is 1. The molecule has 1 saturated heterocycles. The second-order valence-corrected chi connectivity index (χ2v) is 3.19. The molecule has 4 heteroatoms.